The molecule has 1 unspecified atom stereocenters. The number of rotatable bonds is 3. The maximum Gasteiger partial charge on any atom is 0.410 e. The molecule has 0 bridgehead atoms. The van der Waals surface area contributed by atoms with Gasteiger partial charge < -0.3 is 19.6 Å². The molecule has 1 atom stereocenters. The topological polar surface area (TPSA) is 82.0 Å². The quantitative estimate of drug-likeness (QED) is 0.787. The lowest BCUT2D eigenvalue weighted by Crippen LogP contribution is -2.44. The number of carbonyl (C=O) groups is 1. The predicted octanol–water partition coefficient (Wildman–Crippen LogP) is 2.87. The van der Waals surface area contributed by atoms with E-state index in [4.69, 9.17) is 4.74 Å². The summed E-state index contributed by atoms with van der Waals surface area (Å²) in [6.07, 6.45) is -1.29. The molecule has 1 saturated heterocycles. The lowest BCUT2D eigenvalue weighted by Gasteiger charge is -2.34. The lowest BCUT2D eigenvalue weighted by atomic mass is 10.1. The van der Waals surface area contributed by atoms with Gasteiger partial charge >= 0.3 is 6.09 Å². The molecule has 1 aromatic heterocycles. The highest BCUT2D eigenvalue weighted by Crippen LogP contribution is 2.29. The Morgan fingerprint density at radius 2 is 1.84 bits per heavy atom. The third-order valence-corrected chi connectivity index (χ3v) is 5.96. The summed E-state index contributed by atoms with van der Waals surface area (Å²) >= 11 is 0. The van der Waals surface area contributed by atoms with Gasteiger partial charge in [-0.15, -0.1) is 0 Å². The number of aliphatic hydroxyl groups excluding tert-OH is 1. The SMILES string of the molecule is Cc1nc(C(O)c2cccc(N3CCN(C)CC3)c2)nc2c1CN(C(=O)OC(C)(C)C)C2. The molecular formula is C24H33N5O3. The highest BCUT2D eigenvalue weighted by Gasteiger charge is 2.31. The number of aromatic nitrogens is 2. The van der Waals surface area contributed by atoms with Crippen LogP contribution in [0.25, 0.3) is 0 Å². The Kier molecular flexibility index (Phi) is 6.09. The average molecular weight is 440 g/mol. The minimum absolute atomic E-state index is 0.356. The van der Waals surface area contributed by atoms with Gasteiger partial charge in [0.2, 0.25) is 0 Å². The van der Waals surface area contributed by atoms with E-state index in [0.29, 0.717) is 18.9 Å². The van der Waals surface area contributed by atoms with Crippen LogP contribution in [0.1, 0.15) is 55.2 Å². The molecule has 3 heterocycles. The average Bonchev–Trinajstić information content (AvgIpc) is 3.18. The molecule has 2 aliphatic rings. The zero-order chi connectivity index (χ0) is 23.0. The molecule has 2 aliphatic heterocycles. The van der Waals surface area contributed by atoms with Gasteiger partial charge in [-0.2, -0.15) is 0 Å². The van der Waals surface area contributed by atoms with E-state index in [1.807, 2.05) is 45.9 Å². The van der Waals surface area contributed by atoms with Crippen LogP contribution in [-0.2, 0) is 17.8 Å². The van der Waals surface area contributed by atoms with Gasteiger partial charge in [0.05, 0.1) is 18.8 Å². The first kappa shape index (κ1) is 22.5. The van der Waals surface area contributed by atoms with Gasteiger partial charge in [-0.1, -0.05) is 12.1 Å². The highest BCUT2D eigenvalue weighted by molar-refractivity contribution is 5.69. The monoisotopic (exact) mass is 439 g/mol. The van der Waals surface area contributed by atoms with E-state index in [-0.39, 0.29) is 6.09 Å². The van der Waals surface area contributed by atoms with Crippen molar-refractivity contribution in [1.82, 2.24) is 19.8 Å². The summed E-state index contributed by atoms with van der Waals surface area (Å²) in [5.41, 5.74) is 3.80. The summed E-state index contributed by atoms with van der Waals surface area (Å²) in [6, 6.07) is 7.98. The number of likely N-dealkylation sites (N-methyl/N-ethyl adjacent to an activating group) is 1. The van der Waals surface area contributed by atoms with Crippen molar-refractivity contribution in [3.8, 4) is 0 Å². The van der Waals surface area contributed by atoms with E-state index in [9.17, 15) is 9.90 Å². The van der Waals surface area contributed by atoms with Crippen molar-refractivity contribution < 1.29 is 14.6 Å². The number of hydrogen-bond donors (Lipinski definition) is 1. The molecule has 0 aliphatic carbocycles. The molecule has 1 aromatic carbocycles. The molecule has 8 heteroatoms. The first-order chi connectivity index (χ1) is 15.1. The second kappa shape index (κ2) is 8.67. The summed E-state index contributed by atoms with van der Waals surface area (Å²) in [6.45, 7) is 12.2. The Bertz CT molecular complexity index is 996. The third-order valence-electron chi connectivity index (χ3n) is 5.96. The zero-order valence-electron chi connectivity index (χ0n) is 19.6. The van der Waals surface area contributed by atoms with E-state index in [1.54, 1.807) is 4.90 Å². The van der Waals surface area contributed by atoms with Crippen molar-refractivity contribution in [2.75, 3.05) is 38.1 Å². The fourth-order valence-electron chi connectivity index (χ4n) is 4.13. The van der Waals surface area contributed by atoms with Crippen LogP contribution in [0, 0.1) is 6.92 Å². The van der Waals surface area contributed by atoms with E-state index < -0.39 is 11.7 Å². The molecule has 0 spiro atoms. The number of piperazine rings is 1. The van der Waals surface area contributed by atoms with Crippen molar-refractivity contribution >= 4 is 11.8 Å². The number of benzene rings is 1. The number of anilines is 1. The molecule has 8 nitrogen and oxygen atoms in total. The largest absolute Gasteiger partial charge is 0.444 e. The normalized spacial score (nSPS) is 17.9. The van der Waals surface area contributed by atoms with E-state index in [2.05, 4.69) is 32.9 Å². The van der Waals surface area contributed by atoms with Crippen LogP contribution in [0.4, 0.5) is 10.5 Å². The number of hydrogen-bond acceptors (Lipinski definition) is 7. The van der Waals surface area contributed by atoms with Crippen LogP contribution >= 0.6 is 0 Å². The lowest BCUT2D eigenvalue weighted by molar-refractivity contribution is 0.0240. The standard InChI is InChI=1S/C24H33N5O3/c1-16-19-14-29(23(31)32-24(2,3)4)15-20(19)26-22(25-16)21(30)17-7-6-8-18(13-17)28-11-9-27(5)10-12-28/h6-8,13,21,30H,9-12,14-15H2,1-5H3. The fourth-order valence-corrected chi connectivity index (χ4v) is 4.13. The Morgan fingerprint density at radius 1 is 1.12 bits per heavy atom. The molecule has 2 aromatic rings. The Balaban J connectivity index is 1.52. The predicted molar refractivity (Wildman–Crippen MR) is 122 cm³/mol. The van der Waals surface area contributed by atoms with Crippen LogP contribution < -0.4 is 4.90 Å². The van der Waals surface area contributed by atoms with E-state index in [1.165, 1.54) is 0 Å². The van der Waals surface area contributed by atoms with E-state index in [0.717, 1.165) is 54.4 Å². The number of amides is 1. The third kappa shape index (κ3) is 4.86. The highest BCUT2D eigenvalue weighted by atomic mass is 16.6. The summed E-state index contributed by atoms with van der Waals surface area (Å²) in [5, 5.41) is 11.1. The van der Waals surface area contributed by atoms with Crippen molar-refractivity contribution in [3.63, 3.8) is 0 Å². The minimum atomic E-state index is -0.929. The van der Waals surface area contributed by atoms with Crippen molar-refractivity contribution in [2.24, 2.45) is 0 Å². The van der Waals surface area contributed by atoms with E-state index >= 15 is 0 Å². The number of aryl methyl sites for hydroxylation is 1. The maximum absolute atomic E-state index is 12.5. The zero-order valence-corrected chi connectivity index (χ0v) is 19.6. The second-order valence-corrected chi connectivity index (χ2v) is 9.72. The van der Waals surface area contributed by atoms with Crippen molar-refractivity contribution in [2.45, 2.75) is 52.5 Å². The van der Waals surface area contributed by atoms with Crippen LogP contribution in [0.2, 0.25) is 0 Å². The van der Waals surface area contributed by atoms with Gasteiger partial charge in [0.1, 0.15) is 11.7 Å². The maximum atomic E-state index is 12.5. The first-order valence-electron chi connectivity index (χ1n) is 11.2. The van der Waals surface area contributed by atoms with Gasteiger partial charge in [0.25, 0.3) is 0 Å². The van der Waals surface area contributed by atoms with Crippen LogP contribution in [0.15, 0.2) is 24.3 Å². The summed E-state index contributed by atoms with van der Waals surface area (Å²) in [7, 11) is 2.13. The van der Waals surface area contributed by atoms with Crippen molar-refractivity contribution in [1.29, 1.82) is 0 Å². The molecule has 32 heavy (non-hydrogen) atoms. The Labute approximate surface area is 189 Å². The van der Waals surface area contributed by atoms with Gasteiger partial charge in [-0.25, -0.2) is 14.8 Å². The molecule has 1 amide bonds. The molecule has 0 radical (unpaired) electrons. The number of ether oxygens (including phenoxy) is 1. The smallest absolute Gasteiger partial charge is 0.410 e. The number of nitrogens with zero attached hydrogens (tertiary/aromatic N) is 5. The number of fused-ring (bicyclic) bond motifs is 1. The molecule has 172 valence electrons. The van der Waals surface area contributed by atoms with Gasteiger partial charge in [-0.05, 0) is 52.4 Å². The number of aliphatic hydroxyl groups is 1. The van der Waals surface area contributed by atoms with Crippen LogP contribution in [-0.4, -0.2) is 69.8 Å². The Morgan fingerprint density at radius 3 is 2.53 bits per heavy atom. The summed E-state index contributed by atoms with van der Waals surface area (Å²) < 4.78 is 5.50. The molecule has 0 saturated carbocycles. The summed E-state index contributed by atoms with van der Waals surface area (Å²) in [4.78, 5) is 28.0. The van der Waals surface area contributed by atoms with Gasteiger partial charge in [0, 0.05) is 43.1 Å². The van der Waals surface area contributed by atoms with Crippen LogP contribution in [0.3, 0.4) is 0 Å². The minimum Gasteiger partial charge on any atom is -0.444 e. The second-order valence-electron chi connectivity index (χ2n) is 9.72. The Hall–Kier alpha value is -2.71. The van der Waals surface area contributed by atoms with Crippen molar-refractivity contribution in [3.05, 3.63) is 52.6 Å². The summed E-state index contributed by atoms with van der Waals surface area (Å²) in [5.74, 6) is 0.364. The van der Waals surface area contributed by atoms with Crippen LogP contribution in [0.5, 0.6) is 0 Å². The number of carbonyl (C=O) groups excluding carboxylic acids is 1. The first-order valence-corrected chi connectivity index (χ1v) is 11.2. The van der Waals surface area contributed by atoms with Gasteiger partial charge in [-0.3, -0.25) is 4.90 Å². The van der Waals surface area contributed by atoms with Gasteiger partial charge in [0.15, 0.2) is 5.82 Å². The molecular weight excluding hydrogens is 406 g/mol. The molecule has 1 N–H and O–H groups in total. The molecule has 4 rings (SSSR count). The molecule has 1 fully saturated rings. The fraction of sp³-hybridized carbons (Fsp3) is 0.542.